The van der Waals surface area contributed by atoms with Crippen molar-refractivity contribution in [2.24, 2.45) is 0 Å². The van der Waals surface area contributed by atoms with Crippen LogP contribution in [0.3, 0.4) is 0 Å². The van der Waals surface area contributed by atoms with Gasteiger partial charge in [-0.15, -0.1) is 0 Å². The minimum absolute atomic E-state index is 0.0865. The zero-order valence-corrected chi connectivity index (χ0v) is 10.3. The van der Waals surface area contributed by atoms with Crippen molar-refractivity contribution in [2.75, 3.05) is 19.4 Å². The van der Waals surface area contributed by atoms with Gasteiger partial charge < -0.3 is 10.2 Å². The summed E-state index contributed by atoms with van der Waals surface area (Å²) in [6.07, 6.45) is 0. The fraction of sp³-hybridized carbons (Fsp3) is 0.222. The van der Waals surface area contributed by atoms with Gasteiger partial charge in [-0.05, 0) is 28.1 Å². The van der Waals surface area contributed by atoms with Crippen molar-refractivity contribution < 1.29 is 9.72 Å². The van der Waals surface area contributed by atoms with Gasteiger partial charge in [0.15, 0.2) is 0 Å². The molecule has 1 aromatic rings. The minimum Gasteiger partial charge on any atom is -0.331 e. The van der Waals surface area contributed by atoms with E-state index in [1.807, 2.05) is 0 Å². The quantitative estimate of drug-likeness (QED) is 0.671. The SMILES string of the molecule is CN(C)C(=O)Nc1ccc(Br)c([N+](=O)[O-])c1. The summed E-state index contributed by atoms with van der Waals surface area (Å²) in [6.45, 7) is 0. The Morgan fingerprint density at radius 3 is 2.62 bits per heavy atom. The zero-order valence-electron chi connectivity index (χ0n) is 8.73. The molecule has 0 saturated heterocycles. The molecule has 0 bridgehead atoms. The molecule has 0 radical (unpaired) electrons. The monoisotopic (exact) mass is 287 g/mol. The second-order valence-corrected chi connectivity index (χ2v) is 4.10. The highest BCUT2D eigenvalue weighted by Crippen LogP contribution is 2.27. The van der Waals surface area contributed by atoms with Crippen LogP contribution in [-0.4, -0.2) is 29.9 Å². The first kappa shape index (κ1) is 12.4. The first-order valence-corrected chi connectivity index (χ1v) is 5.13. The molecular weight excluding hydrogens is 278 g/mol. The lowest BCUT2D eigenvalue weighted by Gasteiger charge is -2.11. The Morgan fingerprint density at radius 1 is 1.50 bits per heavy atom. The van der Waals surface area contributed by atoms with Crippen molar-refractivity contribution in [3.05, 3.63) is 32.8 Å². The van der Waals surface area contributed by atoms with Crippen LogP contribution in [0.2, 0.25) is 0 Å². The van der Waals surface area contributed by atoms with E-state index < -0.39 is 4.92 Å². The van der Waals surface area contributed by atoms with Crippen LogP contribution in [0.1, 0.15) is 0 Å². The van der Waals surface area contributed by atoms with Crippen molar-refractivity contribution >= 4 is 33.3 Å². The summed E-state index contributed by atoms with van der Waals surface area (Å²) in [5.74, 6) is 0. The molecule has 7 heteroatoms. The van der Waals surface area contributed by atoms with Crippen LogP contribution in [0.4, 0.5) is 16.2 Å². The zero-order chi connectivity index (χ0) is 12.3. The number of nitro benzene ring substituents is 1. The van der Waals surface area contributed by atoms with Crippen LogP contribution in [0.25, 0.3) is 0 Å². The van der Waals surface area contributed by atoms with Crippen molar-refractivity contribution in [3.8, 4) is 0 Å². The van der Waals surface area contributed by atoms with E-state index in [0.29, 0.717) is 10.2 Å². The molecule has 0 fully saturated rings. The molecule has 0 spiro atoms. The van der Waals surface area contributed by atoms with Crippen LogP contribution < -0.4 is 5.32 Å². The number of hydrogen-bond acceptors (Lipinski definition) is 3. The second-order valence-electron chi connectivity index (χ2n) is 3.25. The lowest BCUT2D eigenvalue weighted by atomic mass is 10.3. The summed E-state index contributed by atoms with van der Waals surface area (Å²) in [7, 11) is 3.17. The van der Waals surface area contributed by atoms with E-state index in [9.17, 15) is 14.9 Å². The number of urea groups is 1. The molecule has 1 rings (SSSR count). The Morgan fingerprint density at radius 2 is 2.12 bits per heavy atom. The van der Waals surface area contributed by atoms with Crippen LogP contribution in [0.15, 0.2) is 22.7 Å². The molecular formula is C9H10BrN3O3. The first-order valence-electron chi connectivity index (χ1n) is 4.34. The maximum absolute atomic E-state index is 11.3. The molecule has 2 amide bonds. The number of nitro groups is 1. The van der Waals surface area contributed by atoms with Crippen molar-refractivity contribution in [2.45, 2.75) is 0 Å². The van der Waals surface area contributed by atoms with Gasteiger partial charge >= 0.3 is 6.03 Å². The fourth-order valence-corrected chi connectivity index (χ4v) is 1.36. The van der Waals surface area contributed by atoms with Crippen LogP contribution in [0, 0.1) is 10.1 Å². The minimum atomic E-state index is -0.518. The molecule has 86 valence electrons. The highest BCUT2D eigenvalue weighted by molar-refractivity contribution is 9.10. The van der Waals surface area contributed by atoms with Gasteiger partial charge in [-0.2, -0.15) is 0 Å². The van der Waals surface area contributed by atoms with Gasteiger partial charge in [-0.1, -0.05) is 0 Å². The molecule has 0 saturated carbocycles. The van der Waals surface area contributed by atoms with Gasteiger partial charge in [-0.25, -0.2) is 4.79 Å². The predicted octanol–water partition coefficient (Wildman–Crippen LogP) is 2.45. The summed E-state index contributed by atoms with van der Waals surface area (Å²) in [6, 6.07) is 4.06. The van der Waals surface area contributed by atoms with E-state index in [2.05, 4.69) is 21.2 Å². The van der Waals surface area contributed by atoms with Crippen LogP contribution in [0.5, 0.6) is 0 Å². The van der Waals surface area contributed by atoms with E-state index in [0.717, 1.165) is 0 Å². The van der Waals surface area contributed by atoms with E-state index in [1.54, 1.807) is 20.2 Å². The molecule has 0 heterocycles. The third-order valence-electron chi connectivity index (χ3n) is 1.80. The smallest absolute Gasteiger partial charge is 0.321 e. The number of rotatable bonds is 2. The molecule has 0 unspecified atom stereocenters. The van der Waals surface area contributed by atoms with Gasteiger partial charge in [0.05, 0.1) is 9.40 Å². The molecule has 6 nitrogen and oxygen atoms in total. The van der Waals surface area contributed by atoms with Gasteiger partial charge in [0.25, 0.3) is 5.69 Å². The molecule has 0 aliphatic heterocycles. The Balaban J connectivity index is 2.95. The molecule has 0 atom stereocenters. The van der Waals surface area contributed by atoms with Gasteiger partial charge in [0, 0.05) is 25.8 Å². The lowest BCUT2D eigenvalue weighted by Crippen LogP contribution is -2.27. The van der Waals surface area contributed by atoms with E-state index >= 15 is 0 Å². The van der Waals surface area contributed by atoms with E-state index in [4.69, 9.17) is 0 Å². The molecule has 1 N–H and O–H groups in total. The number of carbonyl (C=O) groups is 1. The highest BCUT2D eigenvalue weighted by atomic mass is 79.9. The van der Waals surface area contributed by atoms with Crippen molar-refractivity contribution in [1.29, 1.82) is 0 Å². The number of amides is 2. The highest BCUT2D eigenvalue weighted by Gasteiger charge is 2.13. The van der Waals surface area contributed by atoms with Crippen LogP contribution in [-0.2, 0) is 0 Å². The van der Waals surface area contributed by atoms with E-state index in [1.165, 1.54) is 17.0 Å². The first-order chi connectivity index (χ1) is 7.41. The molecule has 0 aliphatic carbocycles. The van der Waals surface area contributed by atoms with Gasteiger partial charge in [-0.3, -0.25) is 10.1 Å². The Labute approximate surface area is 101 Å². The number of hydrogen-bond donors (Lipinski definition) is 1. The number of anilines is 1. The Bertz CT molecular complexity index is 434. The Hall–Kier alpha value is -1.63. The average Bonchev–Trinajstić information content (AvgIpc) is 2.20. The maximum atomic E-state index is 11.3. The van der Waals surface area contributed by atoms with E-state index in [-0.39, 0.29) is 11.7 Å². The number of nitrogens with zero attached hydrogens (tertiary/aromatic N) is 2. The van der Waals surface area contributed by atoms with Gasteiger partial charge in [0.2, 0.25) is 0 Å². The normalized spacial score (nSPS) is 9.69. The lowest BCUT2D eigenvalue weighted by molar-refractivity contribution is -0.385. The number of halogens is 1. The molecule has 0 aromatic heterocycles. The topological polar surface area (TPSA) is 75.5 Å². The second kappa shape index (κ2) is 4.93. The number of nitrogens with one attached hydrogen (secondary N) is 1. The summed E-state index contributed by atoms with van der Waals surface area (Å²) >= 11 is 3.06. The van der Waals surface area contributed by atoms with Gasteiger partial charge in [0.1, 0.15) is 0 Å². The molecule has 0 aliphatic rings. The molecule has 16 heavy (non-hydrogen) atoms. The van der Waals surface area contributed by atoms with Crippen molar-refractivity contribution in [3.63, 3.8) is 0 Å². The van der Waals surface area contributed by atoms with Crippen molar-refractivity contribution in [1.82, 2.24) is 4.90 Å². The average molecular weight is 288 g/mol. The van der Waals surface area contributed by atoms with Crippen LogP contribution >= 0.6 is 15.9 Å². The number of carbonyl (C=O) groups excluding carboxylic acids is 1. The summed E-state index contributed by atoms with van der Waals surface area (Å²) in [5.41, 5.74) is 0.296. The summed E-state index contributed by atoms with van der Waals surface area (Å²) < 4.78 is 0.375. The fourth-order valence-electron chi connectivity index (χ4n) is 0.966. The third-order valence-corrected chi connectivity index (χ3v) is 2.47. The largest absolute Gasteiger partial charge is 0.331 e. The third kappa shape index (κ3) is 2.93. The summed E-state index contributed by atoms with van der Waals surface area (Å²) in [4.78, 5) is 22.8. The summed E-state index contributed by atoms with van der Waals surface area (Å²) in [5, 5.41) is 13.2. The Kier molecular flexibility index (Phi) is 3.83. The number of benzene rings is 1. The predicted molar refractivity (Wildman–Crippen MR) is 63.5 cm³/mol. The standard InChI is InChI=1S/C9H10BrN3O3/c1-12(2)9(14)11-6-3-4-7(10)8(5-6)13(15)16/h3-5H,1-2H3,(H,11,14). The maximum Gasteiger partial charge on any atom is 0.321 e. The molecule has 1 aromatic carbocycles.